The lowest BCUT2D eigenvalue weighted by Gasteiger charge is -2.11. The van der Waals surface area contributed by atoms with E-state index in [4.69, 9.17) is 16.4 Å². The summed E-state index contributed by atoms with van der Waals surface area (Å²) in [7, 11) is 3.86. The predicted octanol–water partition coefficient (Wildman–Crippen LogP) is 3.66. The predicted molar refractivity (Wildman–Crippen MR) is 99.5 cm³/mol. The van der Waals surface area contributed by atoms with Gasteiger partial charge in [0.05, 0.1) is 10.5 Å². The normalized spacial score (nSPS) is 15.0. The minimum atomic E-state index is -0.616. The molecule has 0 saturated heterocycles. The number of carbonyl (C=O) groups is 1. The molecule has 7 nitrogen and oxygen atoms in total. The summed E-state index contributed by atoms with van der Waals surface area (Å²) in [6.45, 7) is 0. The molecule has 0 bridgehead atoms. The van der Waals surface area contributed by atoms with Gasteiger partial charge in [0.1, 0.15) is 10.7 Å². The van der Waals surface area contributed by atoms with Crippen LogP contribution < -0.4 is 4.90 Å². The molecule has 132 valence electrons. The number of halogens is 1. The van der Waals surface area contributed by atoms with Gasteiger partial charge in [-0.2, -0.15) is 0 Å². The molecule has 0 amide bonds. The summed E-state index contributed by atoms with van der Waals surface area (Å²) in [5, 5.41) is 14.9. The average molecular weight is 372 g/mol. The van der Waals surface area contributed by atoms with Crippen molar-refractivity contribution >= 4 is 40.7 Å². The third-order valence-corrected chi connectivity index (χ3v) is 4.15. The number of hydrogen-bond donors (Lipinski definition) is 0. The Kier molecular flexibility index (Phi) is 4.73. The van der Waals surface area contributed by atoms with Crippen molar-refractivity contribution in [3.05, 3.63) is 74.3 Å². The molecule has 0 fully saturated rings. The van der Waals surface area contributed by atoms with Crippen LogP contribution >= 0.6 is 11.6 Å². The number of rotatable bonds is 4. The van der Waals surface area contributed by atoms with Crippen LogP contribution in [0.3, 0.4) is 0 Å². The quantitative estimate of drug-likeness (QED) is 0.354. The molecule has 0 spiro atoms. The Labute approximate surface area is 154 Å². The number of nitro groups is 1. The summed E-state index contributed by atoms with van der Waals surface area (Å²) >= 11 is 5.83. The Morgan fingerprint density at radius 1 is 1.19 bits per heavy atom. The van der Waals surface area contributed by atoms with Crippen LogP contribution in [0.15, 0.2) is 53.2 Å². The highest BCUT2D eigenvalue weighted by Crippen LogP contribution is 2.28. The second kappa shape index (κ2) is 6.97. The Balaban J connectivity index is 1.99. The third-order valence-electron chi connectivity index (χ3n) is 3.83. The smallest absolute Gasteiger partial charge is 0.368 e. The van der Waals surface area contributed by atoms with Crippen molar-refractivity contribution < 1.29 is 14.6 Å². The Bertz CT molecular complexity index is 949. The fourth-order valence-corrected chi connectivity index (χ4v) is 2.64. The van der Waals surface area contributed by atoms with Crippen LogP contribution in [-0.4, -0.2) is 30.7 Å². The SMILES string of the molecule is CN(C)c1ccc(/C=C2\C(=O)ON=C2c2ccc(Cl)c([N+](=O)[O-])c2)cc1. The molecule has 8 heteroatoms. The molecule has 1 aliphatic rings. The van der Waals surface area contributed by atoms with Gasteiger partial charge in [-0.05, 0) is 29.8 Å². The topological polar surface area (TPSA) is 85.0 Å². The molecule has 1 heterocycles. The van der Waals surface area contributed by atoms with Crippen LogP contribution in [0.4, 0.5) is 11.4 Å². The van der Waals surface area contributed by atoms with Crippen LogP contribution in [0, 0.1) is 10.1 Å². The molecular formula is C18H14ClN3O4. The summed E-state index contributed by atoms with van der Waals surface area (Å²) in [5.41, 5.74) is 2.36. The van der Waals surface area contributed by atoms with Crippen molar-refractivity contribution in [2.45, 2.75) is 0 Å². The molecule has 0 saturated carbocycles. The lowest BCUT2D eigenvalue weighted by Crippen LogP contribution is -2.08. The number of benzene rings is 2. The van der Waals surface area contributed by atoms with Crippen LogP contribution in [-0.2, 0) is 9.63 Å². The Morgan fingerprint density at radius 2 is 1.88 bits per heavy atom. The molecule has 0 aromatic heterocycles. The maximum atomic E-state index is 12.1. The zero-order valence-corrected chi connectivity index (χ0v) is 14.7. The largest absolute Gasteiger partial charge is 0.378 e. The van der Waals surface area contributed by atoms with E-state index in [9.17, 15) is 14.9 Å². The lowest BCUT2D eigenvalue weighted by atomic mass is 10.00. The van der Waals surface area contributed by atoms with Gasteiger partial charge in [0.2, 0.25) is 0 Å². The van der Waals surface area contributed by atoms with E-state index in [2.05, 4.69) is 5.16 Å². The number of hydrogen-bond acceptors (Lipinski definition) is 6. The molecular weight excluding hydrogens is 358 g/mol. The van der Waals surface area contributed by atoms with Crippen LogP contribution in [0.5, 0.6) is 0 Å². The summed E-state index contributed by atoms with van der Waals surface area (Å²) in [6, 6.07) is 11.8. The lowest BCUT2D eigenvalue weighted by molar-refractivity contribution is -0.384. The number of nitro benzene ring substituents is 1. The molecule has 0 aliphatic carbocycles. The van der Waals surface area contributed by atoms with Gasteiger partial charge >= 0.3 is 5.97 Å². The highest BCUT2D eigenvalue weighted by atomic mass is 35.5. The second-order valence-corrected chi connectivity index (χ2v) is 6.19. The van der Waals surface area contributed by atoms with E-state index in [0.29, 0.717) is 5.56 Å². The van der Waals surface area contributed by atoms with Crippen molar-refractivity contribution in [1.29, 1.82) is 0 Å². The van der Waals surface area contributed by atoms with Gasteiger partial charge in [-0.15, -0.1) is 0 Å². The van der Waals surface area contributed by atoms with Gasteiger partial charge in [-0.25, -0.2) is 4.79 Å². The first-order valence-corrected chi connectivity index (χ1v) is 7.97. The zero-order valence-electron chi connectivity index (χ0n) is 14.0. The Hall–Kier alpha value is -3.19. The number of carbonyl (C=O) groups excluding carboxylic acids is 1. The van der Waals surface area contributed by atoms with Gasteiger partial charge in [0, 0.05) is 31.4 Å². The molecule has 0 unspecified atom stereocenters. The van der Waals surface area contributed by atoms with E-state index >= 15 is 0 Å². The maximum absolute atomic E-state index is 12.1. The minimum Gasteiger partial charge on any atom is -0.378 e. The molecule has 2 aromatic carbocycles. The van der Waals surface area contributed by atoms with Crippen LogP contribution in [0.1, 0.15) is 11.1 Å². The summed E-state index contributed by atoms with van der Waals surface area (Å²) in [6.07, 6.45) is 1.63. The van der Waals surface area contributed by atoms with Crippen molar-refractivity contribution in [1.82, 2.24) is 0 Å². The van der Waals surface area contributed by atoms with Crippen LogP contribution in [0.25, 0.3) is 6.08 Å². The van der Waals surface area contributed by atoms with E-state index < -0.39 is 10.9 Å². The van der Waals surface area contributed by atoms with Gasteiger partial charge < -0.3 is 9.74 Å². The number of anilines is 1. The van der Waals surface area contributed by atoms with E-state index in [0.717, 1.165) is 11.3 Å². The van der Waals surface area contributed by atoms with Crippen molar-refractivity contribution in [2.75, 3.05) is 19.0 Å². The minimum absolute atomic E-state index is 0.00870. The van der Waals surface area contributed by atoms with E-state index in [1.807, 2.05) is 43.3 Å². The van der Waals surface area contributed by atoms with Crippen molar-refractivity contribution in [3.63, 3.8) is 0 Å². The summed E-state index contributed by atoms with van der Waals surface area (Å²) in [5.74, 6) is -0.616. The van der Waals surface area contributed by atoms with Crippen molar-refractivity contribution in [2.24, 2.45) is 5.16 Å². The molecule has 0 N–H and O–H groups in total. The second-order valence-electron chi connectivity index (χ2n) is 5.79. The summed E-state index contributed by atoms with van der Waals surface area (Å²) < 4.78 is 0. The first-order chi connectivity index (χ1) is 12.4. The maximum Gasteiger partial charge on any atom is 0.368 e. The molecule has 2 aromatic rings. The zero-order chi connectivity index (χ0) is 18.8. The number of oxime groups is 1. The molecule has 26 heavy (non-hydrogen) atoms. The van der Waals surface area contributed by atoms with Gasteiger partial charge in [-0.3, -0.25) is 10.1 Å². The van der Waals surface area contributed by atoms with E-state index in [1.54, 1.807) is 12.1 Å². The first-order valence-electron chi connectivity index (χ1n) is 7.60. The standard InChI is InChI=1S/C18H14ClN3O4/c1-21(2)13-6-3-11(4-7-13)9-14-17(20-26-18(14)23)12-5-8-15(19)16(10-12)22(24)25/h3-10H,1-2H3/b14-9-. The average Bonchev–Trinajstić information content (AvgIpc) is 2.96. The highest BCUT2D eigenvalue weighted by molar-refractivity contribution is 6.34. The highest BCUT2D eigenvalue weighted by Gasteiger charge is 2.28. The summed E-state index contributed by atoms with van der Waals surface area (Å²) in [4.78, 5) is 29.3. The fraction of sp³-hybridized carbons (Fsp3) is 0.111. The molecule has 1 aliphatic heterocycles. The first kappa shape index (κ1) is 17.6. The monoisotopic (exact) mass is 371 g/mol. The molecule has 3 rings (SSSR count). The van der Waals surface area contributed by atoms with Gasteiger partial charge in [0.25, 0.3) is 5.69 Å². The molecule has 0 atom stereocenters. The van der Waals surface area contributed by atoms with E-state index in [-0.39, 0.29) is 22.0 Å². The van der Waals surface area contributed by atoms with Crippen molar-refractivity contribution in [3.8, 4) is 0 Å². The van der Waals surface area contributed by atoms with Gasteiger partial charge in [0.15, 0.2) is 0 Å². The fourth-order valence-electron chi connectivity index (χ4n) is 2.45. The Morgan fingerprint density at radius 3 is 2.50 bits per heavy atom. The molecule has 0 radical (unpaired) electrons. The third kappa shape index (κ3) is 3.43. The van der Waals surface area contributed by atoms with E-state index in [1.165, 1.54) is 12.1 Å². The van der Waals surface area contributed by atoms with Crippen LogP contribution in [0.2, 0.25) is 5.02 Å². The number of nitrogens with zero attached hydrogens (tertiary/aromatic N) is 3. The van der Waals surface area contributed by atoms with Gasteiger partial charge in [-0.1, -0.05) is 35.0 Å².